The van der Waals surface area contributed by atoms with Crippen molar-refractivity contribution in [2.75, 3.05) is 31.2 Å². The molecule has 1 aliphatic heterocycles. The lowest BCUT2D eigenvalue weighted by molar-refractivity contribution is 0.0703. The Bertz CT molecular complexity index is 695. The van der Waals surface area contributed by atoms with Crippen LogP contribution in [0, 0.1) is 11.3 Å². The maximum atomic E-state index is 11.5. The SMILES string of the molecule is N#Cc1c(N2CCOCC2)sc(C(=O)O)c1-c1ccsc1. The van der Waals surface area contributed by atoms with Gasteiger partial charge in [0.1, 0.15) is 15.9 Å². The van der Waals surface area contributed by atoms with E-state index in [1.807, 2.05) is 21.7 Å². The summed E-state index contributed by atoms with van der Waals surface area (Å²) in [6.07, 6.45) is 0. The number of carboxylic acid groups (broad SMARTS) is 1. The molecule has 21 heavy (non-hydrogen) atoms. The first-order valence-electron chi connectivity index (χ1n) is 6.38. The predicted octanol–water partition coefficient (Wildman–Crippen LogP) is 2.88. The van der Waals surface area contributed by atoms with E-state index in [0.29, 0.717) is 37.4 Å². The van der Waals surface area contributed by atoms with Crippen molar-refractivity contribution in [1.82, 2.24) is 0 Å². The quantitative estimate of drug-likeness (QED) is 0.941. The normalized spacial score (nSPS) is 14.9. The van der Waals surface area contributed by atoms with E-state index >= 15 is 0 Å². The third-order valence-corrected chi connectivity index (χ3v) is 5.23. The molecule has 5 nitrogen and oxygen atoms in total. The van der Waals surface area contributed by atoms with Gasteiger partial charge >= 0.3 is 5.97 Å². The van der Waals surface area contributed by atoms with E-state index in [1.165, 1.54) is 22.7 Å². The van der Waals surface area contributed by atoms with E-state index < -0.39 is 5.97 Å². The first kappa shape index (κ1) is 14.1. The van der Waals surface area contributed by atoms with Crippen molar-refractivity contribution >= 4 is 33.6 Å². The number of nitrogens with zero attached hydrogens (tertiary/aromatic N) is 2. The monoisotopic (exact) mass is 320 g/mol. The van der Waals surface area contributed by atoms with E-state index in [1.54, 1.807) is 0 Å². The van der Waals surface area contributed by atoms with Crippen LogP contribution < -0.4 is 4.90 Å². The van der Waals surface area contributed by atoms with Gasteiger partial charge in [0.05, 0.1) is 18.8 Å². The van der Waals surface area contributed by atoms with Gasteiger partial charge in [-0.1, -0.05) is 0 Å². The molecule has 1 saturated heterocycles. The van der Waals surface area contributed by atoms with E-state index in [-0.39, 0.29) is 4.88 Å². The van der Waals surface area contributed by atoms with E-state index in [0.717, 1.165) is 10.6 Å². The lowest BCUT2D eigenvalue weighted by atomic mass is 10.0. The third-order valence-electron chi connectivity index (χ3n) is 3.30. The van der Waals surface area contributed by atoms with Gasteiger partial charge in [0.2, 0.25) is 0 Å². The number of morpholine rings is 1. The van der Waals surface area contributed by atoms with Crippen LogP contribution in [0.15, 0.2) is 16.8 Å². The van der Waals surface area contributed by atoms with Crippen molar-refractivity contribution in [3.8, 4) is 17.2 Å². The second kappa shape index (κ2) is 5.85. The minimum atomic E-state index is -0.989. The molecule has 0 amide bonds. The van der Waals surface area contributed by atoms with Gasteiger partial charge in [-0.3, -0.25) is 0 Å². The van der Waals surface area contributed by atoms with Crippen molar-refractivity contribution in [1.29, 1.82) is 5.26 Å². The van der Waals surface area contributed by atoms with Crippen LogP contribution in [-0.2, 0) is 4.74 Å². The maximum absolute atomic E-state index is 11.5. The number of thiophene rings is 2. The van der Waals surface area contributed by atoms with Gasteiger partial charge in [-0.15, -0.1) is 11.3 Å². The number of carbonyl (C=O) groups is 1. The molecule has 0 radical (unpaired) electrons. The number of aromatic carboxylic acids is 1. The summed E-state index contributed by atoms with van der Waals surface area (Å²) in [4.78, 5) is 13.8. The van der Waals surface area contributed by atoms with Crippen LogP contribution in [0.3, 0.4) is 0 Å². The van der Waals surface area contributed by atoms with Gasteiger partial charge in [0, 0.05) is 18.7 Å². The standard InChI is InChI=1S/C14H12N2O3S2/c15-7-10-11(9-1-6-20-8-9)12(14(17)18)21-13(10)16-2-4-19-5-3-16/h1,6,8H,2-5H2,(H,17,18). The third kappa shape index (κ3) is 2.53. The molecule has 0 aliphatic carbocycles. The smallest absolute Gasteiger partial charge is 0.346 e. The molecule has 0 spiro atoms. The number of hydrogen-bond donors (Lipinski definition) is 1. The maximum Gasteiger partial charge on any atom is 0.346 e. The molecule has 3 heterocycles. The number of nitriles is 1. The minimum Gasteiger partial charge on any atom is -0.477 e. The summed E-state index contributed by atoms with van der Waals surface area (Å²) >= 11 is 2.66. The Morgan fingerprint density at radius 3 is 2.76 bits per heavy atom. The van der Waals surface area contributed by atoms with Crippen molar-refractivity contribution < 1.29 is 14.6 Å². The molecule has 108 valence electrons. The molecule has 0 atom stereocenters. The summed E-state index contributed by atoms with van der Waals surface area (Å²) in [6, 6.07) is 4.04. The highest BCUT2D eigenvalue weighted by molar-refractivity contribution is 7.18. The summed E-state index contributed by atoms with van der Waals surface area (Å²) in [5.74, 6) is -0.989. The van der Waals surface area contributed by atoms with Gasteiger partial charge in [-0.05, 0) is 22.4 Å². The molecule has 1 N–H and O–H groups in total. The molecular weight excluding hydrogens is 308 g/mol. The van der Waals surface area contributed by atoms with Crippen LogP contribution in [0.2, 0.25) is 0 Å². The number of hydrogen-bond acceptors (Lipinski definition) is 6. The lowest BCUT2D eigenvalue weighted by Crippen LogP contribution is -2.36. The lowest BCUT2D eigenvalue weighted by Gasteiger charge is -2.27. The summed E-state index contributed by atoms with van der Waals surface area (Å²) < 4.78 is 5.32. The number of rotatable bonds is 3. The first-order chi connectivity index (χ1) is 10.2. The average molecular weight is 320 g/mol. The van der Waals surface area contributed by atoms with Gasteiger partial charge in [-0.25, -0.2) is 4.79 Å². The molecule has 0 bridgehead atoms. The highest BCUT2D eigenvalue weighted by atomic mass is 32.1. The molecule has 1 fully saturated rings. The molecule has 0 saturated carbocycles. The fraction of sp³-hybridized carbons (Fsp3) is 0.286. The van der Waals surface area contributed by atoms with Crippen LogP contribution in [0.25, 0.3) is 11.1 Å². The topological polar surface area (TPSA) is 73.6 Å². The second-order valence-electron chi connectivity index (χ2n) is 4.51. The Morgan fingerprint density at radius 2 is 2.19 bits per heavy atom. The molecule has 0 unspecified atom stereocenters. The zero-order valence-electron chi connectivity index (χ0n) is 11.0. The molecule has 0 aromatic carbocycles. The van der Waals surface area contributed by atoms with Crippen LogP contribution in [-0.4, -0.2) is 37.4 Å². The highest BCUT2D eigenvalue weighted by Crippen LogP contribution is 2.42. The van der Waals surface area contributed by atoms with E-state index in [4.69, 9.17) is 4.74 Å². The summed E-state index contributed by atoms with van der Waals surface area (Å²) in [5.41, 5.74) is 1.79. The van der Waals surface area contributed by atoms with Gasteiger partial charge in [0.25, 0.3) is 0 Å². The molecule has 7 heteroatoms. The Kier molecular flexibility index (Phi) is 3.92. The predicted molar refractivity (Wildman–Crippen MR) is 82.3 cm³/mol. The zero-order chi connectivity index (χ0) is 14.8. The fourth-order valence-corrected chi connectivity index (χ4v) is 4.16. The number of ether oxygens (including phenoxy) is 1. The van der Waals surface area contributed by atoms with Crippen LogP contribution in [0.1, 0.15) is 15.2 Å². The minimum absolute atomic E-state index is 0.228. The van der Waals surface area contributed by atoms with Gasteiger partial charge in [0.15, 0.2) is 0 Å². The van der Waals surface area contributed by atoms with E-state index in [2.05, 4.69) is 6.07 Å². The number of carboxylic acids is 1. The van der Waals surface area contributed by atoms with E-state index in [9.17, 15) is 15.2 Å². The second-order valence-corrected chi connectivity index (χ2v) is 6.29. The Labute approximate surface area is 129 Å². The Balaban J connectivity index is 2.16. The highest BCUT2D eigenvalue weighted by Gasteiger charge is 2.27. The first-order valence-corrected chi connectivity index (χ1v) is 8.13. The summed E-state index contributed by atoms with van der Waals surface area (Å²) in [7, 11) is 0. The van der Waals surface area contributed by atoms with Crippen molar-refractivity contribution in [2.45, 2.75) is 0 Å². The Morgan fingerprint density at radius 1 is 1.43 bits per heavy atom. The Hall–Kier alpha value is -1.88. The molecule has 1 aliphatic rings. The fourth-order valence-electron chi connectivity index (χ4n) is 2.34. The van der Waals surface area contributed by atoms with Crippen LogP contribution >= 0.6 is 22.7 Å². The molecular formula is C14H12N2O3S2. The van der Waals surface area contributed by atoms with Crippen molar-refractivity contribution in [3.63, 3.8) is 0 Å². The van der Waals surface area contributed by atoms with Gasteiger partial charge < -0.3 is 14.7 Å². The van der Waals surface area contributed by atoms with Crippen LogP contribution in [0.5, 0.6) is 0 Å². The van der Waals surface area contributed by atoms with Crippen LogP contribution in [0.4, 0.5) is 5.00 Å². The summed E-state index contributed by atoms with van der Waals surface area (Å²) in [6.45, 7) is 2.55. The molecule has 3 rings (SSSR count). The van der Waals surface area contributed by atoms with Crippen molar-refractivity contribution in [3.05, 3.63) is 27.3 Å². The zero-order valence-corrected chi connectivity index (χ0v) is 12.7. The molecule has 2 aromatic rings. The average Bonchev–Trinajstić information content (AvgIpc) is 3.14. The largest absolute Gasteiger partial charge is 0.477 e. The van der Waals surface area contributed by atoms with Gasteiger partial charge in [-0.2, -0.15) is 16.6 Å². The molecule has 2 aromatic heterocycles. The van der Waals surface area contributed by atoms with Crippen molar-refractivity contribution in [2.24, 2.45) is 0 Å². The number of anilines is 1. The summed E-state index contributed by atoms with van der Waals surface area (Å²) in [5, 5.41) is 23.5.